The molecule has 0 amide bonds. The fourth-order valence-corrected chi connectivity index (χ4v) is 2.81. The van der Waals surface area contributed by atoms with Crippen molar-refractivity contribution in [1.82, 2.24) is 4.57 Å². The van der Waals surface area contributed by atoms with Crippen LogP contribution in [-0.2, 0) is 22.1 Å². The van der Waals surface area contributed by atoms with Gasteiger partial charge in [0.1, 0.15) is 11.4 Å². The summed E-state index contributed by atoms with van der Waals surface area (Å²) in [7, 11) is 1.70. The van der Waals surface area contributed by atoms with E-state index in [0.717, 1.165) is 11.1 Å². The second kappa shape index (κ2) is 6.02. The normalized spacial score (nSPS) is 22.3. The van der Waals surface area contributed by atoms with Gasteiger partial charge in [0.05, 0.1) is 19.8 Å². The number of pyridine rings is 1. The molecule has 0 spiro atoms. The lowest BCUT2D eigenvalue weighted by atomic mass is 9.84. The minimum Gasteiger partial charge on any atom is -0.379 e. The number of aromatic nitrogens is 1. The van der Waals surface area contributed by atoms with Crippen LogP contribution in [0.3, 0.4) is 0 Å². The summed E-state index contributed by atoms with van der Waals surface area (Å²) in [6.07, 6.45) is 2.30. The van der Waals surface area contributed by atoms with E-state index in [0.29, 0.717) is 26.2 Å². The van der Waals surface area contributed by atoms with Crippen molar-refractivity contribution in [2.45, 2.75) is 12.0 Å². The Morgan fingerprint density at radius 3 is 2.59 bits per heavy atom. The van der Waals surface area contributed by atoms with Crippen LogP contribution in [0.25, 0.3) is 0 Å². The van der Waals surface area contributed by atoms with Crippen LogP contribution in [0.2, 0.25) is 0 Å². The second-order valence-electron chi connectivity index (χ2n) is 5.41. The Labute approximate surface area is 128 Å². The number of benzene rings is 1. The van der Waals surface area contributed by atoms with Crippen LogP contribution in [0, 0.1) is 5.82 Å². The van der Waals surface area contributed by atoms with Gasteiger partial charge in [0.15, 0.2) is 0 Å². The van der Waals surface area contributed by atoms with Gasteiger partial charge < -0.3 is 14.0 Å². The lowest BCUT2D eigenvalue weighted by Gasteiger charge is -2.33. The molecule has 22 heavy (non-hydrogen) atoms. The first-order chi connectivity index (χ1) is 10.6. The highest BCUT2D eigenvalue weighted by molar-refractivity contribution is 5.36. The van der Waals surface area contributed by atoms with E-state index in [2.05, 4.69) is 0 Å². The highest BCUT2D eigenvalue weighted by atomic mass is 19.1. The molecule has 0 aliphatic carbocycles. The zero-order valence-electron chi connectivity index (χ0n) is 12.4. The Morgan fingerprint density at radius 1 is 1.09 bits per heavy atom. The molecule has 0 bridgehead atoms. The summed E-state index contributed by atoms with van der Waals surface area (Å²) in [4.78, 5) is 12.0. The third-order valence-corrected chi connectivity index (χ3v) is 4.06. The lowest BCUT2D eigenvalue weighted by Crippen LogP contribution is -2.33. The van der Waals surface area contributed by atoms with Gasteiger partial charge in [-0.3, -0.25) is 4.79 Å². The van der Waals surface area contributed by atoms with Crippen molar-refractivity contribution in [3.63, 3.8) is 0 Å². The van der Waals surface area contributed by atoms with E-state index in [1.54, 1.807) is 31.4 Å². The van der Waals surface area contributed by atoms with Crippen molar-refractivity contribution in [3.05, 3.63) is 69.9 Å². The van der Waals surface area contributed by atoms with Gasteiger partial charge in [0, 0.05) is 25.7 Å². The lowest BCUT2D eigenvalue weighted by molar-refractivity contribution is -0.0121. The third kappa shape index (κ3) is 2.69. The summed E-state index contributed by atoms with van der Waals surface area (Å²) in [6, 6.07) is 9.68. The number of halogens is 1. The molecule has 0 radical (unpaired) electrons. The number of nitrogens with zero attached hydrogens (tertiary/aromatic N) is 1. The molecule has 0 N–H and O–H groups in total. The van der Waals surface area contributed by atoms with Gasteiger partial charge in [0.2, 0.25) is 0 Å². The van der Waals surface area contributed by atoms with Gasteiger partial charge >= 0.3 is 0 Å². The first kappa shape index (κ1) is 14.9. The topological polar surface area (TPSA) is 40.5 Å². The average Bonchev–Trinajstić information content (AvgIpc) is 2.77. The minimum absolute atomic E-state index is 0.104. The molecule has 3 rings (SSSR count). The Morgan fingerprint density at radius 2 is 1.86 bits per heavy atom. The predicted molar refractivity (Wildman–Crippen MR) is 80.3 cm³/mol. The van der Waals surface area contributed by atoms with Crippen molar-refractivity contribution in [3.8, 4) is 0 Å². The molecule has 1 aliphatic heterocycles. The monoisotopic (exact) mass is 303 g/mol. The first-order valence-electron chi connectivity index (χ1n) is 7.27. The molecular weight excluding hydrogens is 285 g/mol. The standard InChI is InChI=1S/C17H18FNO3/c1-19-8-6-14(12-16(19)20)17(7-9-21-10-11-22-17)13-2-4-15(18)5-3-13/h2-6,8,12H,7,9-11H2,1H3. The van der Waals surface area contributed by atoms with E-state index in [4.69, 9.17) is 9.47 Å². The van der Waals surface area contributed by atoms with E-state index in [1.165, 1.54) is 16.7 Å². The molecule has 1 unspecified atom stereocenters. The van der Waals surface area contributed by atoms with Crippen LogP contribution >= 0.6 is 0 Å². The Balaban J connectivity index is 2.15. The van der Waals surface area contributed by atoms with Crippen LogP contribution in [0.15, 0.2) is 47.4 Å². The maximum Gasteiger partial charge on any atom is 0.250 e. The molecule has 1 aliphatic rings. The molecule has 116 valence electrons. The summed E-state index contributed by atoms with van der Waals surface area (Å²) in [6.45, 7) is 1.45. The Hall–Kier alpha value is -1.98. The average molecular weight is 303 g/mol. The summed E-state index contributed by atoms with van der Waals surface area (Å²) >= 11 is 0. The summed E-state index contributed by atoms with van der Waals surface area (Å²) in [5, 5.41) is 0. The van der Waals surface area contributed by atoms with Gasteiger partial charge in [-0.2, -0.15) is 0 Å². The van der Waals surface area contributed by atoms with E-state index < -0.39 is 5.60 Å². The summed E-state index contributed by atoms with van der Waals surface area (Å²) in [5.41, 5.74) is 0.713. The molecule has 2 heterocycles. The van der Waals surface area contributed by atoms with E-state index in [9.17, 15) is 9.18 Å². The van der Waals surface area contributed by atoms with Crippen LogP contribution in [0.4, 0.5) is 4.39 Å². The molecule has 4 nitrogen and oxygen atoms in total. The highest BCUT2D eigenvalue weighted by Crippen LogP contribution is 2.37. The van der Waals surface area contributed by atoms with Crippen molar-refractivity contribution in [2.75, 3.05) is 19.8 Å². The molecule has 1 aromatic heterocycles. The molecule has 0 saturated carbocycles. The molecule has 1 fully saturated rings. The molecule has 1 saturated heterocycles. The molecule has 2 aromatic rings. The smallest absolute Gasteiger partial charge is 0.250 e. The number of hydrogen-bond donors (Lipinski definition) is 0. The third-order valence-electron chi connectivity index (χ3n) is 4.06. The Kier molecular flexibility index (Phi) is 4.09. The van der Waals surface area contributed by atoms with Gasteiger partial charge in [-0.15, -0.1) is 0 Å². The van der Waals surface area contributed by atoms with Crippen molar-refractivity contribution < 1.29 is 13.9 Å². The zero-order valence-corrected chi connectivity index (χ0v) is 12.4. The van der Waals surface area contributed by atoms with Crippen molar-refractivity contribution in [1.29, 1.82) is 0 Å². The van der Waals surface area contributed by atoms with E-state index in [-0.39, 0.29) is 11.4 Å². The number of rotatable bonds is 2. The number of aryl methyl sites for hydroxylation is 1. The minimum atomic E-state index is -0.780. The quantitative estimate of drug-likeness (QED) is 0.854. The van der Waals surface area contributed by atoms with E-state index in [1.807, 2.05) is 6.07 Å². The van der Waals surface area contributed by atoms with Crippen molar-refractivity contribution >= 4 is 0 Å². The largest absolute Gasteiger partial charge is 0.379 e. The fourth-order valence-electron chi connectivity index (χ4n) is 2.81. The number of ether oxygens (including phenoxy) is 2. The van der Waals surface area contributed by atoms with Crippen molar-refractivity contribution in [2.24, 2.45) is 7.05 Å². The number of hydrogen-bond acceptors (Lipinski definition) is 3. The SMILES string of the molecule is Cn1ccc(C2(c3ccc(F)cc3)CCOCCO2)cc1=O. The van der Waals surface area contributed by atoms with E-state index >= 15 is 0 Å². The first-order valence-corrected chi connectivity index (χ1v) is 7.27. The fraction of sp³-hybridized carbons (Fsp3) is 0.353. The summed E-state index contributed by atoms with van der Waals surface area (Å²) < 4.78 is 26.4. The van der Waals surface area contributed by atoms with Gasteiger partial charge in [0.25, 0.3) is 5.56 Å². The van der Waals surface area contributed by atoms with Crippen LogP contribution in [0.1, 0.15) is 17.5 Å². The van der Waals surface area contributed by atoms with Gasteiger partial charge in [-0.1, -0.05) is 12.1 Å². The highest BCUT2D eigenvalue weighted by Gasteiger charge is 2.37. The summed E-state index contributed by atoms with van der Waals surface area (Å²) in [5.74, 6) is -0.298. The van der Waals surface area contributed by atoms with Crippen LogP contribution < -0.4 is 5.56 Å². The second-order valence-corrected chi connectivity index (χ2v) is 5.41. The van der Waals surface area contributed by atoms with Gasteiger partial charge in [-0.25, -0.2) is 4.39 Å². The van der Waals surface area contributed by atoms with Gasteiger partial charge in [-0.05, 0) is 29.3 Å². The van der Waals surface area contributed by atoms with Crippen LogP contribution in [0.5, 0.6) is 0 Å². The maximum absolute atomic E-state index is 13.3. The van der Waals surface area contributed by atoms with Crippen LogP contribution in [-0.4, -0.2) is 24.4 Å². The maximum atomic E-state index is 13.3. The molecule has 1 atom stereocenters. The Bertz CT molecular complexity index is 701. The molecule has 1 aromatic carbocycles. The zero-order chi connectivity index (χ0) is 15.6. The molecular formula is C17H18FNO3. The predicted octanol–water partition coefficient (Wildman–Crippen LogP) is 2.20. The molecule has 5 heteroatoms.